The zero-order valence-electron chi connectivity index (χ0n) is 33.8. The van der Waals surface area contributed by atoms with E-state index in [4.69, 9.17) is 28.4 Å². The molecule has 0 bridgehead atoms. The second-order valence-electron chi connectivity index (χ2n) is 18.0. The molecule has 0 radical (unpaired) electrons. The van der Waals surface area contributed by atoms with E-state index < -0.39 is 17.1 Å². The van der Waals surface area contributed by atoms with Gasteiger partial charge in [-0.05, 0) is 85.5 Å². The highest BCUT2D eigenvalue weighted by atomic mass is 16.7. The van der Waals surface area contributed by atoms with E-state index >= 15 is 0 Å². The van der Waals surface area contributed by atoms with Crippen LogP contribution in [-0.2, 0) is 28.4 Å². The molecule has 0 aromatic rings. The Hall–Kier alpha value is -0.400. The molecule has 0 saturated carbocycles. The third-order valence-corrected chi connectivity index (χ3v) is 13.4. The molecule has 0 aromatic carbocycles. The first-order valence-electron chi connectivity index (χ1n) is 20.2. The molecule has 0 aromatic heterocycles. The van der Waals surface area contributed by atoms with Crippen LogP contribution >= 0.6 is 0 Å². The van der Waals surface area contributed by atoms with Crippen LogP contribution in [0.4, 0.5) is 0 Å². The standard InChI is InChI=1S/C40H76N2O8/c1-11-35(28-49-40(50-29-35)24-34(9,10)42(44)38(14-4,15-5)26-40)27-45-21-19-17-18-20-22-46-32-39(16-6)47-30-36(31-48-39)23-33(7,8)41(43)37(12-2,13-3)25-36/h43-44H,11-32H2,1-10H3. The molecule has 294 valence electrons. The summed E-state index contributed by atoms with van der Waals surface area (Å²) < 4.78 is 38.7. The van der Waals surface area contributed by atoms with Crippen molar-refractivity contribution in [3.05, 3.63) is 0 Å². The third-order valence-electron chi connectivity index (χ3n) is 13.4. The van der Waals surface area contributed by atoms with E-state index in [-0.39, 0.29) is 27.4 Å². The van der Waals surface area contributed by atoms with Gasteiger partial charge in [0.2, 0.25) is 0 Å². The van der Waals surface area contributed by atoms with Crippen LogP contribution in [0.2, 0.25) is 0 Å². The minimum atomic E-state index is -0.691. The Morgan fingerprint density at radius 1 is 0.520 bits per heavy atom. The van der Waals surface area contributed by atoms with Gasteiger partial charge in [0, 0.05) is 59.9 Å². The maximum Gasteiger partial charge on any atom is 0.191 e. The zero-order chi connectivity index (χ0) is 37.0. The minimum absolute atomic E-state index is 0.0998. The number of rotatable bonds is 17. The Labute approximate surface area is 305 Å². The number of hydrogen-bond acceptors (Lipinski definition) is 10. The average molecular weight is 713 g/mol. The molecule has 0 unspecified atom stereocenters. The van der Waals surface area contributed by atoms with E-state index in [0.29, 0.717) is 59.1 Å². The molecule has 4 saturated heterocycles. The second-order valence-corrected chi connectivity index (χ2v) is 18.0. The van der Waals surface area contributed by atoms with Crippen molar-refractivity contribution in [2.45, 2.75) is 193 Å². The summed E-state index contributed by atoms with van der Waals surface area (Å²) in [6, 6.07) is 0. The molecule has 10 heteroatoms. The molecule has 50 heavy (non-hydrogen) atoms. The Bertz CT molecular complexity index is 960. The highest BCUT2D eigenvalue weighted by Gasteiger charge is 2.59. The van der Waals surface area contributed by atoms with Gasteiger partial charge in [-0.3, -0.25) is 0 Å². The number of nitrogens with zero attached hydrogens (tertiary/aromatic N) is 2. The number of ether oxygens (including phenoxy) is 6. The maximum atomic E-state index is 11.1. The van der Waals surface area contributed by atoms with Crippen LogP contribution < -0.4 is 0 Å². The molecule has 4 aliphatic heterocycles. The van der Waals surface area contributed by atoms with Crippen molar-refractivity contribution in [3.8, 4) is 0 Å². The molecule has 0 aliphatic carbocycles. The van der Waals surface area contributed by atoms with Gasteiger partial charge in [-0.2, -0.15) is 10.1 Å². The highest BCUT2D eigenvalue weighted by molar-refractivity contribution is 5.07. The molecule has 10 nitrogen and oxygen atoms in total. The smallest absolute Gasteiger partial charge is 0.191 e. The third kappa shape index (κ3) is 8.76. The number of piperidine rings is 2. The molecular weight excluding hydrogens is 636 g/mol. The Balaban J connectivity index is 1.12. The summed E-state index contributed by atoms with van der Waals surface area (Å²) in [5.74, 6) is -1.35. The monoisotopic (exact) mass is 713 g/mol. The van der Waals surface area contributed by atoms with Crippen LogP contribution in [0.3, 0.4) is 0 Å². The van der Waals surface area contributed by atoms with E-state index in [1.807, 2.05) is 0 Å². The van der Waals surface area contributed by atoms with Crippen molar-refractivity contribution >= 4 is 0 Å². The average Bonchev–Trinajstić information content (AvgIpc) is 3.11. The van der Waals surface area contributed by atoms with E-state index in [0.717, 1.165) is 83.7 Å². The van der Waals surface area contributed by atoms with Crippen LogP contribution in [-0.4, -0.2) is 107 Å². The Morgan fingerprint density at radius 3 is 1.48 bits per heavy atom. The molecule has 4 rings (SSSR count). The van der Waals surface area contributed by atoms with Crippen LogP contribution in [0, 0.1) is 10.8 Å². The summed E-state index contributed by atoms with van der Waals surface area (Å²) in [6.07, 6.45) is 12.4. The maximum absolute atomic E-state index is 11.1. The first-order valence-corrected chi connectivity index (χ1v) is 20.2. The number of hydrogen-bond donors (Lipinski definition) is 2. The number of unbranched alkanes of at least 4 members (excludes halogenated alkanes) is 3. The van der Waals surface area contributed by atoms with Crippen LogP contribution in [0.15, 0.2) is 0 Å². The van der Waals surface area contributed by atoms with Crippen molar-refractivity contribution in [1.29, 1.82) is 0 Å². The lowest BCUT2D eigenvalue weighted by atomic mass is 9.63. The van der Waals surface area contributed by atoms with Gasteiger partial charge in [0.05, 0.1) is 38.6 Å². The quantitative estimate of drug-likeness (QED) is 0.143. The molecule has 0 atom stereocenters. The highest BCUT2D eigenvalue weighted by Crippen LogP contribution is 2.53. The summed E-state index contributed by atoms with van der Waals surface area (Å²) in [5.41, 5.74) is -1.60. The topological polar surface area (TPSA) is 102 Å². The van der Waals surface area contributed by atoms with Gasteiger partial charge in [-0.25, -0.2) is 0 Å². The Morgan fingerprint density at radius 2 is 1.00 bits per heavy atom. The molecule has 4 heterocycles. The van der Waals surface area contributed by atoms with Crippen molar-refractivity contribution in [3.63, 3.8) is 0 Å². The molecule has 4 fully saturated rings. The summed E-state index contributed by atoms with van der Waals surface area (Å²) >= 11 is 0. The van der Waals surface area contributed by atoms with Crippen LogP contribution in [0.5, 0.6) is 0 Å². The van der Waals surface area contributed by atoms with Gasteiger partial charge in [-0.1, -0.05) is 54.4 Å². The van der Waals surface area contributed by atoms with Crippen molar-refractivity contribution in [1.82, 2.24) is 10.1 Å². The van der Waals surface area contributed by atoms with E-state index in [1.165, 1.54) is 0 Å². The first kappa shape index (κ1) is 42.3. The summed E-state index contributed by atoms with van der Waals surface area (Å²) in [6.45, 7) is 26.4. The lowest BCUT2D eigenvalue weighted by molar-refractivity contribution is -0.380. The van der Waals surface area contributed by atoms with Crippen molar-refractivity contribution in [2.24, 2.45) is 10.8 Å². The lowest BCUT2D eigenvalue weighted by Crippen LogP contribution is -2.69. The fraction of sp³-hybridized carbons (Fsp3) is 1.00. The van der Waals surface area contributed by atoms with Crippen LogP contribution in [0.1, 0.15) is 159 Å². The zero-order valence-corrected chi connectivity index (χ0v) is 33.8. The predicted octanol–water partition coefficient (Wildman–Crippen LogP) is 8.50. The van der Waals surface area contributed by atoms with Gasteiger partial charge in [0.15, 0.2) is 11.6 Å². The first-order chi connectivity index (χ1) is 23.5. The fourth-order valence-electron chi connectivity index (χ4n) is 9.85. The van der Waals surface area contributed by atoms with Crippen molar-refractivity contribution in [2.75, 3.05) is 52.9 Å². The van der Waals surface area contributed by atoms with E-state index in [2.05, 4.69) is 69.2 Å². The lowest BCUT2D eigenvalue weighted by Gasteiger charge is -2.60. The minimum Gasteiger partial charge on any atom is -0.381 e. The fourth-order valence-corrected chi connectivity index (χ4v) is 9.85. The summed E-state index contributed by atoms with van der Waals surface area (Å²) in [4.78, 5) is 0. The van der Waals surface area contributed by atoms with Gasteiger partial charge < -0.3 is 38.8 Å². The van der Waals surface area contributed by atoms with Gasteiger partial charge >= 0.3 is 0 Å². The van der Waals surface area contributed by atoms with E-state index in [9.17, 15) is 10.4 Å². The SMILES string of the molecule is CCC1(COCCCCCCOCC2(CC)OCC3(CO2)CC(C)(C)N(O)C(CC)(CC)C3)COC2(CC(C)(C)N(O)C(CC)(CC)C2)OC1. The molecule has 2 N–H and O–H groups in total. The van der Waals surface area contributed by atoms with Gasteiger partial charge in [-0.15, -0.1) is 0 Å². The van der Waals surface area contributed by atoms with Gasteiger partial charge in [0.25, 0.3) is 0 Å². The van der Waals surface area contributed by atoms with E-state index in [1.54, 1.807) is 10.1 Å². The largest absolute Gasteiger partial charge is 0.381 e. The van der Waals surface area contributed by atoms with Crippen LogP contribution in [0.25, 0.3) is 0 Å². The number of hydroxylamine groups is 4. The molecular formula is C40H76N2O8. The second kappa shape index (κ2) is 16.5. The normalized spacial score (nSPS) is 31.7. The van der Waals surface area contributed by atoms with Crippen molar-refractivity contribution < 1.29 is 38.8 Å². The molecule has 2 spiro atoms. The summed E-state index contributed by atoms with van der Waals surface area (Å²) in [7, 11) is 0. The Kier molecular flexibility index (Phi) is 14.0. The molecule has 0 amide bonds. The van der Waals surface area contributed by atoms with Gasteiger partial charge in [0.1, 0.15) is 6.61 Å². The predicted molar refractivity (Wildman–Crippen MR) is 195 cm³/mol. The molecule has 4 aliphatic rings. The summed E-state index contributed by atoms with van der Waals surface area (Å²) in [5, 5.41) is 25.4.